The van der Waals surface area contributed by atoms with Gasteiger partial charge in [-0.3, -0.25) is 0 Å². The molecule has 0 saturated carbocycles. The third kappa shape index (κ3) is 5.98. The van der Waals surface area contributed by atoms with Crippen LogP contribution in [0.1, 0.15) is 0 Å². The molecule has 0 amide bonds. The average molecular weight is 863 g/mol. The van der Waals surface area contributed by atoms with E-state index in [0.717, 1.165) is 11.4 Å². The van der Waals surface area contributed by atoms with Crippen LogP contribution in [0.25, 0.3) is 132 Å². The van der Waals surface area contributed by atoms with Crippen LogP contribution in [-0.2, 0) is 0 Å². The molecule has 0 aliphatic heterocycles. The minimum Gasteiger partial charge on any atom is -0.309 e. The second-order valence-electron chi connectivity index (χ2n) is 18.0. The smallest absolute Gasteiger partial charge is 0.0547 e. The van der Waals surface area contributed by atoms with Crippen LogP contribution in [0.4, 0.5) is 0 Å². The van der Waals surface area contributed by atoms with Crippen LogP contribution >= 0.6 is 0 Å². The summed E-state index contributed by atoms with van der Waals surface area (Å²) < 4.78 is 4.86. The number of rotatable bonds is 6. The van der Waals surface area contributed by atoms with Gasteiger partial charge in [-0.25, -0.2) is 0 Å². The van der Waals surface area contributed by atoms with Crippen LogP contribution in [0.3, 0.4) is 0 Å². The van der Waals surface area contributed by atoms with Crippen LogP contribution in [0.15, 0.2) is 255 Å². The molecule has 0 spiro atoms. The van der Waals surface area contributed by atoms with Gasteiger partial charge < -0.3 is 9.13 Å². The summed E-state index contributed by atoms with van der Waals surface area (Å²) in [7, 11) is 0. The minimum atomic E-state index is 1.14. The van der Waals surface area contributed by atoms with Crippen LogP contribution in [0, 0.1) is 0 Å². The van der Waals surface area contributed by atoms with Gasteiger partial charge >= 0.3 is 0 Å². The van der Waals surface area contributed by atoms with E-state index >= 15 is 0 Å². The molecule has 0 aliphatic rings. The molecule has 0 atom stereocenters. The summed E-state index contributed by atoms with van der Waals surface area (Å²) in [5.74, 6) is 0. The van der Waals surface area contributed by atoms with Crippen molar-refractivity contribution in [2.24, 2.45) is 0 Å². The summed E-state index contributed by atoms with van der Waals surface area (Å²) in [6.07, 6.45) is 0. The molecule has 68 heavy (non-hydrogen) atoms. The molecule has 0 radical (unpaired) electrons. The zero-order valence-electron chi connectivity index (χ0n) is 37.1. The van der Waals surface area contributed by atoms with E-state index in [4.69, 9.17) is 0 Å². The largest absolute Gasteiger partial charge is 0.309 e. The fraction of sp³-hybridized carbons (Fsp3) is 0. The van der Waals surface area contributed by atoms with E-state index < -0.39 is 0 Å². The molecule has 14 rings (SSSR count). The van der Waals surface area contributed by atoms with E-state index in [1.54, 1.807) is 0 Å². The second kappa shape index (κ2) is 15.3. The molecule has 0 aliphatic carbocycles. The molecule has 0 saturated heterocycles. The van der Waals surface area contributed by atoms with E-state index in [-0.39, 0.29) is 0 Å². The number of benzene rings is 12. The Morgan fingerprint density at radius 3 is 0.941 bits per heavy atom. The van der Waals surface area contributed by atoms with Crippen LogP contribution in [-0.4, -0.2) is 9.13 Å². The summed E-state index contributed by atoms with van der Waals surface area (Å²) in [5, 5.41) is 12.5. The fourth-order valence-electron chi connectivity index (χ4n) is 11.2. The van der Waals surface area contributed by atoms with Crippen molar-refractivity contribution < 1.29 is 0 Å². The standard InChI is InChI=1S/C66H42N2/c1-3-17-51-43(13-1)15-9-21-55(51)47-33-39-61-59-19-5-7-27-63(59)67(65(61)41-47)49-35-29-45(30-36-49)53-23-11-26-58-54(24-12-25-57(53)58)46-31-37-50(38-32-46)68-64-28-8-6-20-60(64)62-40-34-48(42-66(62)68)56-22-10-16-44-14-2-4-18-52(44)56/h1-42H. The van der Waals surface area contributed by atoms with E-state index in [1.807, 2.05) is 0 Å². The zero-order valence-corrected chi connectivity index (χ0v) is 37.1. The van der Waals surface area contributed by atoms with Gasteiger partial charge in [-0.15, -0.1) is 0 Å². The molecular formula is C66H42N2. The predicted molar refractivity (Wildman–Crippen MR) is 289 cm³/mol. The van der Waals surface area contributed by atoms with Gasteiger partial charge in [0.15, 0.2) is 0 Å². The first-order valence-corrected chi connectivity index (χ1v) is 23.5. The Morgan fingerprint density at radius 2 is 0.500 bits per heavy atom. The van der Waals surface area contributed by atoms with Crippen molar-refractivity contribution in [3.63, 3.8) is 0 Å². The van der Waals surface area contributed by atoms with Gasteiger partial charge in [-0.05, 0) is 125 Å². The molecule has 316 valence electrons. The van der Waals surface area contributed by atoms with Gasteiger partial charge in [0, 0.05) is 32.9 Å². The van der Waals surface area contributed by atoms with Gasteiger partial charge in [-0.2, -0.15) is 0 Å². The molecule has 0 fully saturated rings. The third-order valence-corrected chi connectivity index (χ3v) is 14.3. The molecule has 12 aromatic carbocycles. The van der Waals surface area contributed by atoms with Crippen molar-refractivity contribution in [2.75, 3.05) is 0 Å². The van der Waals surface area contributed by atoms with E-state index in [0.29, 0.717) is 0 Å². The summed E-state index contributed by atoms with van der Waals surface area (Å²) >= 11 is 0. The first kappa shape index (κ1) is 38.3. The molecular weight excluding hydrogens is 821 g/mol. The Morgan fingerprint density at radius 1 is 0.191 bits per heavy atom. The average Bonchev–Trinajstić information content (AvgIpc) is 3.92. The maximum atomic E-state index is 2.43. The Labute approximate surface area is 393 Å². The number of para-hydroxylation sites is 2. The van der Waals surface area contributed by atoms with Crippen molar-refractivity contribution >= 4 is 75.9 Å². The Kier molecular flexibility index (Phi) is 8.62. The van der Waals surface area contributed by atoms with Gasteiger partial charge in [0.2, 0.25) is 0 Å². The van der Waals surface area contributed by atoms with Crippen molar-refractivity contribution in [1.29, 1.82) is 0 Å². The Balaban J connectivity index is 0.833. The summed E-state index contributed by atoms with van der Waals surface area (Å²) in [6, 6.07) is 93.8. The SMILES string of the molecule is c1ccc2c(-c3ccc4c5ccccc5n(-c5ccc(-c6cccc7c(-c8ccc(-n9c%10ccccc%10c%10ccc(-c%11cccc%12ccccc%11%12)cc%109)cc8)cccc67)cc5)c4c3)cccc2c1. The highest BCUT2D eigenvalue weighted by molar-refractivity contribution is 6.13. The quantitative estimate of drug-likeness (QED) is 0.158. The molecule has 2 aromatic heterocycles. The van der Waals surface area contributed by atoms with Crippen LogP contribution < -0.4 is 0 Å². The van der Waals surface area contributed by atoms with Gasteiger partial charge in [0.05, 0.1) is 22.1 Å². The number of nitrogens with zero attached hydrogens (tertiary/aromatic N) is 2. The highest BCUT2D eigenvalue weighted by Crippen LogP contribution is 2.41. The number of aromatic nitrogens is 2. The molecule has 2 nitrogen and oxygen atoms in total. The van der Waals surface area contributed by atoms with Crippen molar-refractivity contribution in [3.8, 4) is 55.9 Å². The lowest BCUT2D eigenvalue weighted by Crippen LogP contribution is -1.95. The summed E-state index contributed by atoms with van der Waals surface area (Å²) in [4.78, 5) is 0. The monoisotopic (exact) mass is 862 g/mol. The summed E-state index contributed by atoms with van der Waals surface area (Å²) in [5.41, 5.74) is 16.9. The fourth-order valence-corrected chi connectivity index (χ4v) is 11.2. The molecule has 0 N–H and O–H groups in total. The summed E-state index contributed by atoms with van der Waals surface area (Å²) in [6.45, 7) is 0. The lowest BCUT2D eigenvalue weighted by Gasteiger charge is -2.14. The molecule has 14 aromatic rings. The first-order valence-electron chi connectivity index (χ1n) is 23.5. The van der Waals surface area contributed by atoms with E-state index in [2.05, 4.69) is 264 Å². The predicted octanol–water partition coefficient (Wildman–Crippen LogP) is 18.0. The maximum Gasteiger partial charge on any atom is 0.0547 e. The topological polar surface area (TPSA) is 9.86 Å². The Hall–Kier alpha value is -8.98. The van der Waals surface area contributed by atoms with E-state index in [9.17, 15) is 0 Å². The maximum absolute atomic E-state index is 2.43. The molecule has 2 heterocycles. The zero-order chi connectivity index (χ0) is 44.7. The number of hydrogen-bond donors (Lipinski definition) is 0. The number of hydrogen-bond acceptors (Lipinski definition) is 0. The lowest BCUT2D eigenvalue weighted by molar-refractivity contribution is 1.18. The number of fused-ring (bicyclic) bond motifs is 9. The normalized spacial score (nSPS) is 11.8. The van der Waals surface area contributed by atoms with Crippen molar-refractivity contribution in [1.82, 2.24) is 9.13 Å². The van der Waals surface area contributed by atoms with Crippen LogP contribution in [0.5, 0.6) is 0 Å². The Bertz CT molecular complexity index is 4010. The molecule has 0 unspecified atom stereocenters. The van der Waals surface area contributed by atoms with Crippen molar-refractivity contribution in [2.45, 2.75) is 0 Å². The lowest BCUT2D eigenvalue weighted by atomic mass is 9.93. The van der Waals surface area contributed by atoms with Gasteiger partial charge in [-0.1, -0.05) is 206 Å². The molecule has 0 bridgehead atoms. The van der Waals surface area contributed by atoms with Gasteiger partial charge in [0.1, 0.15) is 0 Å². The highest BCUT2D eigenvalue weighted by Gasteiger charge is 2.17. The molecule has 2 heteroatoms. The van der Waals surface area contributed by atoms with Gasteiger partial charge in [0.25, 0.3) is 0 Å². The highest BCUT2D eigenvalue weighted by atomic mass is 15.0. The van der Waals surface area contributed by atoms with E-state index in [1.165, 1.54) is 120 Å². The van der Waals surface area contributed by atoms with Crippen molar-refractivity contribution in [3.05, 3.63) is 255 Å². The first-order chi connectivity index (χ1) is 33.7. The second-order valence-corrected chi connectivity index (χ2v) is 18.0. The third-order valence-electron chi connectivity index (χ3n) is 14.3. The minimum absolute atomic E-state index is 1.14. The van der Waals surface area contributed by atoms with Crippen LogP contribution in [0.2, 0.25) is 0 Å².